The molecule has 1 N–H and O–H groups in total. The minimum Gasteiger partial charge on any atom is -0.319 e. The van der Waals surface area contributed by atoms with Crippen LogP contribution in [0.4, 0.5) is 23.7 Å². The maximum atomic E-state index is 14.7. The van der Waals surface area contributed by atoms with Gasteiger partial charge < -0.3 is 5.32 Å². The Labute approximate surface area is 209 Å². The maximum absolute atomic E-state index is 14.7. The van der Waals surface area contributed by atoms with Crippen molar-refractivity contribution in [2.75, 3.05) is 4.90 Å². The molecule has 0 bridgehead atoms. The zero-order valence-corrected chi connectivity index (χ0v) is 21.4. The maximum Gasteiger partial charge on any atom is 0.416 e. The van der Waals surface area contributed by atoms with Crippen LogP contribution in [0.15, 0.2) is 30.3 Å². The standard InChI is InChI=1S/C27H32ClF3N2O2/c1-5-6-7-8-9-21(34)15-26(27(29,30)31)23-14-20(28)10-11-24(23)33(25(35)32-26)16-22-18(3)12-17(2)13-19(22)4/h10-14H,5-9,15-16H2,1-4H3,(H,32,35). The van der Waals surface area contributed by atoms with Crippen LogP contribution in [0.2, 0.25) is 5.02 Å². The third kappa shape index (κ3) is 5.66. The summed E-state index contributed by atoms with van der Waals surface area (Å²) in [7, 11) is 0. The van der Waals surface area contributed by atoms with Crippen molar-refractivity contribution in [3.05, 3.63) is 63.2 Å². The summed E-state index contributed by atoms with van der Waals surface area (Å²) < 4.78 is 44.0. The van der Waals surface area contributed by atoms with Gasteiger partial charge in [0.1, 0.15) is 5.78 Å². The van der Waals surface area contributed by atoms with E-state index in [-0.39, 0.29) is 29.2 Å². The molecule has 2 amide bonds. The molecule has 1 heterocycles. The molecule has 1 aliphatic rings. The smallest absolute Gasteiger partial charge is 0.319 e. The molecule has 1 unspecified atom stereocenters. The lowest BCUT2D eigenvalue weighted by atomic mass is 9.80. The number of hydrogen-bond donors (Lipinski definition) is 1. The van der Waals surface area contributed by atoms with E-state index in [2.05, 4.69) is 5.32 Å². The SMILES string of the molecule is CCCCCCC(=O)CC1(C(F)(F)F)NC(=O)N(Cc2c(C)cc(C)cc2C)c2ccc(Cl)cc21. The molecule has 2 aromatic rings. The summed E-state index contributed by atoms with van der Waals surface area (Å²) in [5.74, 6) is -0.539. The number of fused-ring (bicyclic) bond motifs is 1. The van der Waals surface area contributed by atoms with Gasteiger partial charge in [0.15, 0.2) is 5.54 Å². The molecule has 1 aliphatic heterocycles. The van der Waals surface area contributed by atoms with Gasteiger partial charge in [-0.2, -0.15) is 13.2 Å². The van der Waals surface area contributed by atoms with Crippen molar-refractivity contribution >= 4 is 29.1 Å². The molecule has 0 spiro atoms. The number of anilines is 1. The number of urea groups is 1. The van der Waals surface area contributed by atoms with Gasteiger partial charge in [-0.25, -0.2) is 4.79 Å². The summed E-state index contributed by atoms with van der Waals surface area (Å²) >= 11 is 6.14. The number of rotatable bonds is 9. The summed E-state index contributed by atoms with van der Waals surface area (Å²) in [5.41, 5.74) is 0.877. The van der Waals surface area contributed by atoms with Gasteiger partial charge in [0.25, 0.3) is 0 Å². The topological polar surface area (TPSA) is 49.4 Å². The van der Waals surface area contributed by atoms with E-state index in [1.807, 2.05) is 39.8 Å². The second kappa shape index (κ2) is 10.6. The van der Waals surface area contributed by atoms with Crippen molar-refractivity contribution in [1.82, 2.24) is 5.32 Å². The van der Waals surface area contributed by atoms with Crippen LogP contribution < -0.4 is 10.2 Å². The number of Topliss-reactive ketones (excluding diaryl/α,β-unsaturated/α-hetero) is 1. The van der Waals surface area contributed by atoms with Gasteiger partial charge in [-0.3, -0.25) is 9.69 Å². The number of nitrogens with zero attached hydrogens (tertiary/aromatic N) is 1. The summed E-state index contributed by atoms with van der Waals surface area (Å²) in [6.45, 7) is 7.90. The lowest BCUT2D eigenvalue weighted by molar-refractivity contribution is -0.200. The van der Waals surface area contributed by atoms with Gasteiger partial charge in [0, 0.05) is 23.4 Å². The molecule has 2 aromatic carbocycles. The first kappa shape index (κ1) is 27.1. The van der Waals surface area contributed by atoms with E-state index < -0.39 is 30.0 Å². The number of alkyl halides is 3. The van der Waals surface area contributed by atoms with Crippen LogP contribution in [0.1, 0.15) is 73.3 Å². The molecule has 4 nitrogen and oxygen atoms in total. The number of amides is 2. The minimum absolute atomic E-state index is 0.0368. The Morgan fingerprint density at radius 2 is 1.71 bits per heavy atom. The van der Waals surface area contributed by atoms with Crippen LogP contribution in [0.5, 0.6) is 0 Å². The first-order chi connectivity index (χ1) is 16.4. The van der Waals surface area contributed by atoms with Crippen LogP contribution >= 0.6 is 11.6 Å². The Bertz CT molecular complexity index is 1090. The number of hydrogen-bond acceptors (Lipinski definition) is 2. The average Bonchev–Trinajstić information content (AvgIpc) is 2.74. The second-order valence-corrected chi connectivity index (χ2v) is 9.92. The second-order valence-electron chi connectivity index (χ2n) is 9.48. The molecule has 0 radical (unpaired) electrons. The molecular weight excluding hydrogens is 477 g/mol. The summed E-state index contributed by atoms with van der Waals surface area (Å²) in [4.78, 5) is 27.3. The number of ketones is 1. The highest BCUT2D eigenvalue weighted by atomic mass is 35.5. The molecule has 190 valence electrons. The number of carbonyl (C=O) groups is 2. The molecule has 0 aliphatic carbocycles. The average molecular weight is 509 g/mol. The minimum atomic E-state index is -4.90. The van der Waals surface area contributed by atoms with Crippen LogP contribution in [0, 0.1) is 20.8 Å². The zero-order chi connectivity index (χ0) is 26.0. The number of unbranched alkanes of at least 4 members (excludes halogenated alkanes) is 3. The van der Waals surface area contributed by atoms with E-state index >= 15 is 0 Å². The number of halogens is 4. The lowest BCUT2D eigenvalue weighted by Gasteiger charge is -2.44. The van der Waals surface area contributed by atoms with Crippen molar-refractivity contribution in [3.63, 3.8) is 0 Å². The molecule has 1 atom stereocenters. The van der Waals surface area contributed by atoms with E-state index in [1.54, 1.807) is 0 Å². The third-order valence-electron chi connectivity index (χ3n) is 6.69. The van der Waals surface area contributed by atoms with Gasteiger partial charge in [-0.15, -0.1) is 0 Å². The number of aryl methyl sites for hydroxylation is 3. The summed E-state index contributed by atoms with van der Waals surface area (Å²) in [6, 6.07) is 7.18. The van der Waals surface area contributed by atoms with Crippen molar-refractivity contribution in [2.45, 2.75) is 84.5 Å². The number of carbonyl (C=O) groups excluding carboxylic acids is 2. The predicted molar refractivity (Wildman–Crippen MR) is 133 cm³/mol. The fourth-order valence-corrected chi connectivity index (χ4v) is 5.06. The van der Waals surface area contributed by atoms with Crippen molar-refractivity contribution in [2.24, 2.45) is 0 Å². The van der Waals surface area contributed by atoms with E-state index in [9.17, 15) is 22.8 Å². The Kier molecular flexibility index (Phi) is 8.20. The molecule has 35 heavy (non-hydrogen) atoms. The summed E-state index contributed by atoms with van der Waals surface area (Å²) in [5, 5.41) is 2.29. The Balaban J connectivity index is 2.05. The van der Waals surface area contributed by atoms with Crippen LogP contribution in [-0.2, 0) is 16.9 Å². The van der Waals surface area contributed by atoms with E-state index in [0.29, 0.717) is 6.42 Å². The van der Waals surface area contributed by atoms with Crippen LogP contribution in [0.3, 0.4) is 0 Å². The fourth-order valence-electron chi connectivity index (χ4n) is 4.88. The third-order valence-corrected chi connectivity index (χ3v) is 6.92. The van der Waals surface area contributed by atoms with Gasteiger partial charge in [-0.1, -0.05) is 55.5 Å². The van der Waals surface area contributed by atoms with E-state index in [1.165, 1.54) is 23.1 Å². The van der Waals surface area contributed by atoms with Crippen LogP contribution in [0.25, 0.3) is 0 Å². The lowest BCUT2D eigenvalue weighted by Crippen LogP contribution is -2.63. The first-order valence-corrected chi connectivity index (χ1v) is 12.3. The molecule has 0 aromatic heterocycles. The molecular formula is C27H32ClF3N2O2. The van der Waals surface area contributed by atoms with Gasteiger partial charge >= 0.3 is 12.2 Å². The van der Waals surface area contributed by atoms with Gasteiger partial charge in [0.05, 0.1) is 12.2 Å². The Morgan fingerprint density at radius 3 is 2.31 bits per heavy atom. The zero-order valence-electron chi connectivity index (χ0n) is 20.6. The Morgan fingerprint density at radius 1 is 1.06 bits per heavy atom. The fraction of sp³-hybridized carbons (Fsp3) is 0.481. The predicted octanol–water partition coefficient (Wildman–Crippen LogP) is 7.68. The molecule has 0 saturated carbocycles. The Hall–Kier alpha value is -2.54. The van der Waals surface area contributed by atoms with Gasteiger partial charge in [-0.05, 0) is 62.1 Å². The van der Waals surface area contributed by atoms with Crippen molar-refractivity contribution < 1.29 is 22.8 Å². The van der Waals surface area contributed by atoms with Crippen molar-refractivity contribution in [1.29, 1.82) is 0 Å². The molecule has 0 saturated heterocycles. The number of benzene rings is 2. The molecule has 3 rings (SSSR count). The first-order valence-electron chi connectivity index (χ1n) is 11.9. The van der Waals surface area contributed by atoms with Gasteiger partial charge in [0.2, 0.25) is 0 Å². The normalized spacial score (nSPS) is 17.8. The van der Waals surface area contributed by atoms with E-state index in [4.69, 9.17) is 11.6 Å². The highest BCUT2D eigenvalue weighted by Gasteiger charge is 2.61. The highest BCUT2D eigenvalue weighted by molar-refractivity contribution is 6.30. The monoisotopic (exact) mass is 508 g/mol. The largest absolute Gasteiger partial charge is 0.416 e. The molecule has 8 heteroatoms. The van der Waals surface area contributed by atoms with E-state index in [0.717, 1.165) is 41.5 Å². The highest BCUT2D eigenvalue weighted by Crippen LogP contribution is 2.49. The van der Waals surface area contributed by atoms with Crippen LogP contribution in [-0.4, -0.2) is 18.0 Å². The quantitative estimate of drug-likeness (QED) is 0.353. The summed E-state index contributed by atoms with van der Waals surface area (Å²) in [6.07, 6.45) is -2.55. The number of nitrogens with one attached hydrogen (secondary N) is 1. The molecule has 0 fully saturated rings. The van der Waals surface area contributed by atoms with Crippen molar-refractivity contribution in [3.8, 4) is 0 Å².